The van der Waals surface area contributed by atoms with Crippen molar-refractivity contribution in [3.05, 3.63) is 51.5 Å². The Morgan fingerprint density at radius 3 is 2.43 bits per heavy atom. The summed E-state index contributed by atoms with van der Waals surface area (Å²) in [6.45, 7) is 5.19. The van der Waals surface area contributed by atoms with Crippen molar-refractivity contribution >= 4 is 23.2 Å². The van der Waals surface area contributed by atoms with Crippen LogP contribution in [0.2, 0.25) is 0 Å². The number of hydrogen-bond donors (Lipinski definition) is 1. The Bertz CT molecular complexity index is 865. The minimum atomic E-state index is -0.205. The molecule has 0 unspecified atom stereocenters. The summed E-state index contributed by atoms with van der Waals surface area (Å²) in [5.74, 6) is 0.789. The molecule has 1 aliphatic heterocycles. The Balaban J connectivity index is 1.45. The number of aromatic nitrogens is 1. The molecule has 2 heterocycles. The van der Waals surface area contributed by atoms with Crippen molar-refractivity contribution in [3.63, 3.8) is 0 Å². The van der Waals surface area contributed by atoms with Gasteiger partial charge in [-0.2, -0.15) is 0 Å². The van der Waals surface area contributed by atoms with E-state index in [0.717, 1.165) is 34.8 Å². The highest BCUT2D eigenvalue weighted by Gasteiger charge is 2.41. The fraction of sp³-hybridized carbons (Fsp3) is 0.500. The van der Waals surface area contributed by atoms with Crippen LogP contribution in [0.4, 0.5) is 0 Å². The molecule has 28 heavy (non-hydrogen) atoms. The summed E-state index contributed by atoms with van der Waals surface area (Å²) in [6, 6.07) is 9.41. The quantitative estimate of drug-likeness (QED) is 0.830. The van der Waals surface area contributed by atoms with E-state index < -0.39 is 0 Å². The zero-order chi connectivity index (χ0) is 19.7. The van der Waals surface area contributed by atoms with Crippen LogP contribution in [0.1, 0.15) is 62.8 Å². The first-order valence-electron chi connectivity index (χ1n) is 10.1. The molecular formula is C22H27N3O2S. The summed E-state index contributed by atoms with van der Waals surface area (Å²) >= 11 is 1.47. The molecular weight excluding hydrogens is 370 g/mol. The highest BCUT2D eigenvalue weighted by Crippen LogP contribution is 2.41. The van der Waals surface area contributed by atoms with E-state index in [0.29, 0.717) is 24.6 Å². The van der Waals surface area contributed by atoms with Crippen molar-refractivity contribution in [3.8, 4) is 0 Å². The number of carbonyl (C=O) groups excluding carboxylic acids is 2. The molecule has 1 N–H and O–H groups in total. The van der Waals surface area contributed by atoms with Gasteiger partial charge in [0.25, 0.3) is 11.8 Å². The van der Waals surface area contributed by atoms with Crippen molar-refractivity contribution in [1.29, 1.82) is 0 Å². The summed E-state index contributed by atoms with van der Waals surface area (Å²) in [4.78, 5) is 32.8. The molecule has 1 aromatic heterocycles. The van der Waals surface area contributed by atoms with Crippen molar-refractivity contribution in [2.45, 2.75) is 51.5 Å². The summed E-state index contributed by atoms with van der Waals surface area (Å²) in [5, 5.41) is 4.28. The van der Waals surface area contributed by atoms with Gasteiger partial charge in [-0.1, -0.05) is 31.0 Å². The molecule has 1 saturated heterocycles. The first kappa shape index (κ1) is 19.1. The van der Waals surface area contributed by atoms with Gasteiger partial charge < -0.3 is 10.2 Å². The van der Waals surface area contributed by atoms with Gasteiger partial charge in [-0.15, -0.1) is 11.3 Å². The van der Waals surface area contributed by atoms with Gasteiger partial charge in [0.1, 0.15) is 4.88 Å². The molecule has 2 fully saturated rings. The summed E-state index contributed by atoms with van der Waals surface area (Å²) in [7, 11) is 0. The molecule has 2 amide bonds. The first-order chi connectivity index (χ1) is 13.5. The maximum absolute atomic E-state index is 12.9. The second-order valence-electron chi connectivity index (χ2n) is 8.19. The van der Waals surface area contributed by atoms with Gasteiger partial charge in [-0.25, -0.2) is 4.98 Å². The zero-order valence-electron chi connectivity index (χ0n) is 16.5. The Kier molecular flexibility index (Phi) is 5.23. The standard InChI is InChI=1S/C22H27N3O2S/c1-15-19(28-16(2)23-15)21(27)25-12-10-22(11-13-25,14-17-8-9-17)24-20(26)18-6-4-3-5-7-18/h3-7,17H,8-14H2,1-2H3,(H,24,26). The predicted molar refractivity (Wildman–Crippen MR) is 111 cm³/mol. The molecule has 0 radical (unpaired) electrons. The number of carbonyl (C=O) groups is 2. The lowest BCUT2D eigenvalue weighted by Crippen LogP contribution is -2.56. The van der Waals surface area contributed by atoms with Crippen LogP contribution in [0.25, 0.3) is 0 Å². The molecule has 4 rings (SSSR count). The van der Waals surface area contributed by atoms with E-state index >= 15 is 0 Å². The number of rotatable bonds is 5. The molecule has 6 heteroatoms. The summed E-state index contributed by atoms with van der Waals surface area (Å²) in [6.07, 6.45) is 5.15. The van der Waals surface area contributed by atoms with Gasteiger partial charge in [0.2, 0.25) is 0 Å². The Labute approximate surface area is 170 Å². The van der Waals surface area contributed by atoms with Crippen molar-refractivity contribution in [2.75, 3.05) is 13.1 Å². The van der Waals surface area contributed by atoms with Crippen LogP contribution in [0.3, 0.4) is 0 Å². The molecule has 5 nitrogen and oxygen atoms in total. The van der Waals surface area contributed by atoms with Crippen molar-refractivity contribution in [1.82, 2.24) is 15.2 Å². The molecule has 2 aliphatic rings. The van der Waals surface area contributed by atoms with Gasteiger partial charge in [-0.3, -0.25) is 9.59 Å². The molecule has 1 saturated carbocycles. The zero-order valence-corrected chi connectivity index (χ0v) is 17.3. The number of nitrogens with one attached hydrogen (secondary N) is 1. The van der Waals surface area contributed by atoms with Crippen LogP contribution >= 0.6 is 11.3 Å². The summed E-state index contributed by atoms with van der Waals surface area (Å²) < 4.78 is 0. The maximum Gasteiger partial charge on any atom is 0.265 e. The molecule has 0 bridgehead atoms. The van der Waals surface area contributed by atoms with Gasteiger partial charge in [0.15, 0.2) is 0 Å². The molecule has 148 valence electrons. The van der Waals surface area contributed by atoms with E-state index in [1.54, 1.807) is 0 Å². The Morgan fingerprint density at radius 1 is 1.18 bits per heavy atom. The average Bonchev–Trinajstić information content (AvgIpc) is 3.43. The SMILES string of the molecule is Cc1nc(C)c(C(=O)N2CCC(CC3CC3)(NC(=O)c3ccccc3)CC2)s1. The third-order valence-electron chi connectivity index (χ3n) is 5.90. The lowest BCUT2D eigenvalue weighted by atomic mass is 9.82. The second-order valence-corrected chi connectivity index (χ2v) is 9.39. The predicted octanol–water partition coefficient (Wildman–Crippen LogP) is 3.96. The number of amides is 2. The van der Waals surface area contributed by atoms with E-state index in [4.69, 9.17) is 0 Å². The van der Waals surface area contributed by atoms with Gasteiger partial charge in [0.05, 0.1) is 10.7 Å². The van der Waals surface area contributed by atoms with Crippen molar-refractivity contribution in [2.24, 2.45) is 5.92 Å². The average molecular weight is 398 g/mol. The first-order valence-corrected chi connectivity index (χ1v) is 10.9. The molecule has 2 aromatic rings. The van der Waals surface area contributed by atoms with E-state index in [1.165, 1.54) is 24.2 Å². The number of benzene rings is 1. The smallest absolute Gasteiger partial charge is 0.265 e. The molecule has 0 atom stereocenters. The van der Waals surface area contributed by atoms with E-state index in [1.807, 2.05) is 49.1 Å². The fourth-order valence-corrected chi connectivity index (χ4v) is 5.06. The number of hydrogen-bond acceptors (Lipinski definition) is 4. The van der Waals surface area contributed by atoms with Crippen LogP contribution in [0.5, 0.6) is 0 Å². The highest BCUT2D eigenvalue weighted by atomic mass is 32.1. The van der Waals surface area contributed by atoms with Crippen LogP contribution in [-0.2, 0) is 0 Å². The lowest BCUT2D eigenvalue weighted by molar-refractivity contribution is 0.0604. The Hall–Kier alpha value is -2.21. The number of likely N-dealkylation sites (tertiary alicyclic amines) is 1. The second kappa shape index (κ2) is 7.66. The topological polar surface area (TPSA) is 62.3 Å². The third kappa shape index (κ3) is 4.12. The highest BCUT2D eigenvalue weighted by molar-refractivity contribution is 7.13. The van der Waals surface area contributed by atoms with Crippen LogP contribution in [0, 0.1) is 19.8 Å². The minimum absolute atomic E-state index is 0.00467. The van der Waals surface area contributed by atoms with E-state index in [9.17, 15) is 9.59 Å². The van der Waals surface area contributed by atoms with E-state index in [-0.39, 0.29) is 17.4 Å². The molecule has 1 aliphatic carbocycles. The van der Waals surface area contributed by atoms with E-state index in [2.05, 4.69) is 10.3 Å². The normalized spacial score (nSPS) is 18.7. The maximum atomic E-state index is 12.9. The number of piperidine rings is 1. The largest absolute Gasteiger partial charge is 0.346 e. The minimum Gasteiger partial charge on any atom is -0.346 e. The lowest BCUT2D eigenvalue weighted by Gasteiger charge is -2.42. The molecule has 1 aromatic carbocycles. The summed E-state index contributed by atoms with van der Waals surface area (Å²) in [5.41, 5.74) is 1.32. The van der Waals surface area contributed by atoms with Crippen molar-refractivity contribution < 1.29 is 9.59 Å². The van der Waals surface area contributed by atoms with Crippen LogP contribution < -0.4 is 5.32 Å². The monoisotopic (exact) mass is 397 g/mol. The molecule has 0 spiro atoms. The Morgan fingerprint density at radius 2 is 1.86 bits per heavy atom. The van der Waals surface area contributed by atoms with Gasteiger partial charge in [-0.05, 0) is 51.2 Å². The number of thiazole rings is 1. The third-order valence-corrected chi connectivity index (χ3v) is 6.96. The van der Waals surface area contributed by atoms with Gasteiger partial charge in [0, 0.05) is 24.2 Å². The van der Waals surface area contributed by atoms with Crippen LogP contribution in [0.15, 0.2) is 30.3 Å². The number of aryl methyl sites for hydroxylation is 2. The van der Waals surface area contributed by atoms with Crippen LogP contribution in [-0.4, -0.2) is 40.3 Å². The van der Waals surface area contributed by atoms with Gasteiger partial charge >= 0.3 is 0 Å². The number of nitrogens with zero attached hydrogens (tertiary/aromatic N) is 2. The fourth-order valence-electron chi connectivity index (χ4n) is 4.17.